The molecule has 0 bridgehead atoms. The lowest BCUT2D eigenvalue weighted by atomic mass is 10.1. The lowest BCUT2D eigenvalue weighted by Crippen LogP contribution is -2.26. The molecule has 1 aliphatic heterocycles. The molecule has 0 unspecified atom stereocenters. The number of hydrogen-bond donors (Lipinski definition) is 0. The zero-order valence-corrected chi connectivity index (χ0v) is 11.3. The highest BCUT2D eigenvalue weighted by atomic mass is 32.2. The largest absolute Gasteiger partial charge is 0.534 e. The topological polar surface area (TPSA) is 78.9 Å². The Bertz CT molecular complexity index is 494. The number of alkyl halides is 3. The van der Waals surface area contributed by atoms with Gasteiger partial charge in [0.25, 0.3) is 0 Å². The molecule has 0 aromatic heterocycles. The van der Waals surface area contributed by atoms with Gasteiger partial charge in [-0.05, 0) is 6.92 Å². The summed E-state index contributed by atoms with van der Waals surface area (Å²) in [5.74, 6) is -1.50. The third kappa shape index (κ3) is 4.10. The van der Waals surface area contributed by atoms with Crippen LogP contribution in [0.15, 0.2) is 11.3 Å². The van der Waals surface area contributed by atoms with Crippen LogP contribution in [0.2, 0.25) is 0 Å². The standard InChI is InChI=1S/C10H13F3O6S/c1-2-18-9(14)7-3-5-17-6-4-8(7)19-20(15,16)10(11,12)13/h2-6H2,1H3. The van der Waals surface area contributed by atoms with Crippen molar-refractivity contribution in [1.29, 1.82) is 0 Å². The van der Waals surface area contributed by atoms with E-state index in [9.17, 15) is 26.4 Å². The van der Waals surface area contributed by atoms with Crippen LogP contribution in [-0.2, 0) is 28.6 Å². The number of halogens is 3. The van der Waals surface area contributed by atoms with Crippen molar-refractivity contribution in [3.05, 3.63) is 11.3 Å². The number of ether oxygens (including phenoxy) is 2. The highest BCUT2D eigenvalue weighted by Gasteiger charge is 2.49. The molecule has 0 aromatic carbocycles. The first kappa shape index (κ1) is 16.8. The van der Waals surface area contributed by atoms with Gasteiger partial charge in [0, 0.05) is 12.8 Å². The van der Waals surface area contributed by atoms with Crippen molar-refractivity contribution >= 4 is 16.1 Å². The molecule has 0 aromatic rings. The Hall–Kier alpha value is -1.29. The molecule has 6 nitrogen and oxygen atoms in total. The summed E-state index contributed by atoms with van der Waals surface area (Å²) < 4.78 is 72.5. The zero-order valence-electron chi connectivity index (χ0n) is 10.5. The third-order valence-corrected chi connectivity index (χ3v) is 3.31. The van der Waals surface area contributed by atoms with Crippen LogP contribution in [0.1, 0.15) is 19.8 Å². The van der Waals surface area contributed by atoms with E-state index in [1.807, 2.05) is 0 Å². The summed E-state index contributed by atoms with van der Waals surface area (Å²) in [6.45, 7) is 1.53. The molecular weight excluding hydrogens is 305 g/mol. The maximum absolute atomic E-state index is 12.3. The number of carbonyl (C=O) groups is 1. The lowest BCUT2D eigenvalue weighted by molar-refractivity contribution is -0.139. The normalized spacial score (nSPS) is 17.6. The summed E-state index contributed by atoms with van der Waals surface area (Å²) in [6.07, 6.45) is -0.342. The second kappa shape index (κ2) is 6.44. The monoisotopic (exact) mass is 318 g/mol. The Labute approximate surface area is 113 Å². The fourth-order valence-electron chi connectivity index (χ4n) is 1.44. The van der Waals surface area contributed by atoms with E-state index in [4.69, 9.17) is 4.74 Å². The van der Waals surface area contributed by atoms with Crippen molar-refractivity contribution in [2.45, 2.75) is 25.3 Å². The minimum atomic E-state index is -5.82. The van der Waals surface area contributed by atoms with Crippen LogP contribution in [0.4, 0.5) is 13.2 Å². The molecule has 0 aliphatic carbocycles. The molecule has 1 rings (SSSR count). The SMILES string of the molecule is CCOC(=O)C1=C(OS(=O)(=O)C(F)(F)F)CCOCC1. The molecular formula is C10H13F3O6S. The highest BCUT2D eigenvalue weighted by Crippen LogP contribution is 2.30. The molecule has 1 heterocycles. The van der Waals surface area contributed by atoms with Gasteiger partial charge in [0.1, 0.15) is 5.76 Å². The molecule has 0 amide bonds. The molecule has 20 heavy (non-hydrogen) atoms. The minimum Gasteiger partial charge on any atom is -0.463 e. The van der Waals surface area contributed by atoms with Crippen molar-refractivity contribution in [1.82, 2.24) is 0 Å². The van der Waals surface area contributed by atoms with E-state index in [2.05, 4.69) is 8.92 Å². The van der Waals surface area contributed by atoms with Gasteiger partial charge in [-0.3, -0.25) is 0 Å². The van der Waals surface area contributed by atoms with Gasteiger partial charge in [-0.25, -0.2) is 4.79 Å². The third-order valence-electron chi connectivity index (χ3n) is 2.32. The lowest BCUT2D eigenvalue weighted by Gasteiger charge is -2.14. The molecule has 0 radical (unpaired) electrons. The molecule has 0 fully saturated rings. The zero-order chi connectivity index (χ0) is 15.4. The molecule has 0 saturated carbocycles. The molecule has 10 heteroatoms. The summed E-state index contributed by atoms with van der Waals surface area (Å²) in [4.78, 5) is 11.6. The van der Waals surface area contributed by atoms with Crippen LogP contribution < -0.4 is 0 Å². The summed E-state index contributed by atoms with van der Waals surface area (Å²) in [6, 6.07) is 0. The number of esters is 1. The van der Waals surface area contributed by atoms with E-state index in [1.54, 1.807) is 0 Å². The quantitative estimate of drug-likeness (QED) is 0.444. The second-order valence-electron chi connectivity index (χ2n) is 3.72. The van der Waals surface area contributed by atoms with Crippen molar-refractivity contribution in [2.24, 2.45) is 0 Å². The van der Waals surface area contributed by atoms with E-state index in [0.29, 0.717) is 0 Å². The number of rotatable bonds is 4. The van der Waals surface area contributed by atoms with Crippen LogP contribution in [0.3, 0.4) is 0 Å². The van der Waals surface area contributed by atoms with Crippen LogP contribution >= 0.6 is 0 Å². The Kier molecular flexibility index (Phi) is 5.40. The van der Waals surface area contributed by atoms with Gasteiger partial charge in [-0.2, -0.15) is 21.6 Å². The van der Waals surface area contributed by atoms with Crippen molar-refractivity contribution < 1.29 is 40.0 Å². The Morgan fingerprint density at radius 1 is 1.30 bits per heavy atom. The van der Waals surface area contributed by atoms with Crippen molar-refractivity contribution in [3.63, 3.8) is 0 Å². The van der Waals surface area contributed by atoms with Gasteiger partial charge in [-0.15, -0.1) is 0 Å². The maximum Gasteiger partial charge on any atom is 0.534 e. The van der Waals surface area contributed by atoms with Gasteiger partial charge < -0.3 is 13.7 Å². The average molecular weight is 318 g/mol. The van der Waals surface area contributed by atoms with E-state index in [1.165, 1.54) is 6.92 Å². The fraction of sp³-hybridized carbons (Fsp3) is 0.700. The molecule has 0 N–H and O–H groups in total. The van der Waals surface area contributed by atoms with Crippen molar-refractivity contribution in [3.8, 4) is 0 Å². The first-order chi connectivity index (χ1) is 9.19. The predicted molar refractivity (Wildman–Crippen MR) is 59.8 cm³/mol. The molecule has 1 aliphatic rings. The van der Waals surface area contributed by atoms with E-state index in [0.717, 1.165) is 0 Å². The van der Waals surface area contributed by atoms with Crippen LogP contribution in [0.25, 0.3) is 0 Å². The van der Waals surface area contributed by atoms with E-state index < -0.39 is 27.4 Å². The molecule has 0 spiro atoms. The predicted octanol–water partition coefficient (Wildman–Crippen LogP) is 1.48. The molecule has 0 saturated heterocycles. The van der Waals surface area contributed by atoms with Gasteiger partial charge in [0.15, 0.2) is 0 Å². The van der Waals surface area contributed by atoms with Crippen LogP contribution in [0, 0.1) is 0 Å². The highest BCUT2D eigenvalue weighted by molar-refractivity contribution is 7.87. The van der Waals surface area contributed by atoms with Gasteiger partial charge in [0.2, 0.25) is 0 Å². The maximum atomic E-state index is 12.3. The summed E-state index contributed by atoms with van der Waals surface area (Å²) in [7, 11) is -5.82. The summed E-state index contributed by atoms with van der Waals surface area (Å²) >= 11 is 0. The molecule has 116 valence electrons. The minimum absolute atomic E-state index is 0.00247. The van der Waals surface area contributed by atoms with E-state index >= 15 is 0 Å². The van der Waals surface area contributed by atoms with Crippen LogP contribution in [0.5, 0.6) is 0 Å². The fourth-order valence-corrected chi connectivity index (χ4v) is 1.98. The number of hydrogen-bond acceptors (Lipinski definition) is 6. The van der Waals surface area contributed by atoms with Gasteiger partial charge in [-0.1, -0.05) is 0 Å². The first-order valence-corrected chi connectivity index (χ1v) is 7.07. The van der Waals surface area contributed by atoms with E-state index in [-0.39, 0.29) is 38.2 Å². The Morgan fingerprint density at radius 2 is 1.90 bits per heavy atom. The summed E-state index contributed by atoms with van der Waals surface area (Å²) in [5, 5.41) is 0. The van der Waals surface area contributed by atoms with Gasteiger partial charge >= 0.3 is 21.6 Å². The molecule has 0 atom stereocenters. The smallest absolute Gasteiger partial charge is 0.463 e. The van der Waals surface area contributed by atoms with Crippen LogP contribution in [-0.4, -0.2) is 39.7 Å². The van der Waals surface area contributed by atoms with Gasteiger partial charge in [0.05, 0.1) is 25.4 Å². The Balaban J connectivity index is 3.09. The Morgan fingerprint density at radius 3 is 2.45 bits per heavy atom. The van der Waals surface area contributed by atoms with Crippen molar-refractivity contribution in [2.75, 3.05) is 19.8 Å². The first-order valence-electron chi connectivity index (χ1n) is 5.66. The summed E-state index contributed by atoms with van der Waals surface area (Å²) in [5.41, 5.74) is -5.82. The average Bonchev–Trinajstić information content (AvgIpc) is 2.52. The number of carbonyl (C=O) groups excluding carboxylic acids is 1. The second-order valence-corrected chi connectivity index (χ2v) is 5.26.